The third-order valence-corrected chi connectivity index (χ3v) is 4.40. The third kappa shape index (κ3) is 3.94. The lowest BCUT2D eigenvalue weighted by Gasteiger charge is -2.16. The molecule has 1 atom stereocenters. The van der Waals surface area contributed by atoms with Gasteiger partial charge in [-0.2, -0.15) is 0 Å². The molecule has 0 spiro atoms. The number of hydrogen-bond donors (Lipinski definition) is 1. The molecular formula is C18H22N2O3S. The minimum absolute atomic E-state index is 0.168. The highest BCUT2D eigenvalue weighted by Crippen LogP contribution is 2.33. The van der Waals surface area contributed by atoms with E-state index in [9.17, 15) is 4.79 Å². The molecule has 1 amide bonds. The summed E-state index contributed by atoms with van der Waals surface area (Å²) in [6.45, 7) is 7.61. The van der Waals surface area contributed by atoms with Gasteiger partial charge in [-0.3, -0.25) is 4.79 Å². The number of carbonyl (C=O) groups excluding carboxylic acids is 1. The normalized spacial score (nSPS) is 11.7. The number of ether oxygens (including phenoxy) is 2. The third-order valence-electron chi connectivity index (χ3n) is 3.61. The molecule has 5 nitrogen and oxygen atoms in total. The van der Waals surface area contributed by atoms with Gasteiger partial charge in [0.1, 0.15) is 0 Å². The molecule has 2 rings (SSSR count). The van der Waals surface area contributed by atoms with E-state index >= 15 is 0 Å². The zero-order chi connectivity index (χ0) is 17.7. The zero-order valence-corrected chi connectivity index (χ0v) is 15.2. The number of nitrogens with zero attached hydrogens (tertiary/aromatic N) is 1. The first-order chi connectivity index (χ1) is 11.5. The zero-order valence-electron chi connectivity index (χ0n) is 14.4. The summed E-state index contributed by atoms with van der Waals surface area (Å²) in [6.07, 6.45) is 2.35. The summed E-state index contributed by atoms with van der Waals surface area (Å²) in [4.78, 5) is 17.0. The van der Waals surface area contributed by atoms with Gasteiger partial charge in [-0.05, 0) is 32.4 Å². The van der Waals surface area contributed by atoms with Crippen molar-refractivity contribution in [3.05, 3.63) is 52.0 Å². The Balaban J connectivity index is 2.28. The molecule has 0 aliphatic rings. The Morgan fingerprint density at radius 3 is 2.71 bits per heavy atom. The monoisotopic (exact) mass is 346 g/mol. The smallest absolute Gasteiger partial charge is 0.251 e. The van der Waals surface area contributed by atoms with Crippen LogP contribution < -0.4 is 14.8 Å². The van der Waals surface area contributed by atoms with E-state index in [1.165, 1.54) is 0 Å². The van der Waals surface area contributed by atoms with Crippen LogP contribution in [0.1, 0.15) is 39.6 Å². The Labute approximate surface area is 146 Å². The number of hydrogen-bond acceptors (Lipinski definition) is 5. The molecule has 0 aliphatic heterocycles. The maximum Gasteiger partial charge on any atom is 0.251 e. The summed E-state index contributed by atoms with van der Waals surface area (Å²) in [7, 11) is 3.13. The van der Waals surface area contributed by atoms with E-state index in [2.05, 4.69) is 16.9 Å². The molecular weight excluding hydrogens is 324 g/mol. The lowest BCUT2D eigenvalue weighted by atomic mass is 10.0. The number of aryl methyl sites for hydroxylation is 1. The predicted octanol–water partition coefficient (Wildman–Crippen LogP) is 3.69. The summed E-state index contributed by atoms with van der Waals surface area (Å²) in [5.41, 5.74) is 2.23. The van der Waals surface area contributed by atoms with Gasteiger partial charge in [0.2, 0.25) is 0 Å². The number of thiazole rings is 1. The number of rotatable bonds is 7. The van der Waals surface area contributed by atoms with Crippen molar-refractivity contribution in [2.45, 2.75) is 26.3 Å². The van der Waals surface area contributed by atoms with Crippen molar-refractivity contribution in [2.24, 2.45) is 0 Å². The van der Waals surface area contributed by atoms with Crippen LogP contribution in [0.3, 0.4) is 0 Å². The van der Waals surface area contributed by atoms with Crippen LogP contribution in [-0.2, 0) is 6.42 Å². The van der Waals surface area contributed by atoms with Crippen LogP contribution in [0.2, 0.25) is 0 Å². The first-order valence-corrected chi connectivity index (χ1v) is 8.46. The quantitative estimate of drug-likeness (QED) is 0.777. The van der Waals surface area contributed by atoms with E-state index in [0.29, 0.717) is 23.5 Å². The van der Waals surface area contributed by atoms with Crippen LogP contribution in [0.5, 0.6) is 11.5 Å². The van der Waals surface area contributed by atoms with Crippen molar-refractivity contribution >= 4 is 17.2 Å². The van der Waals surface area contributed by atoms with E-state index in [1.54, 1.807) is 43.8 Å². The summed E-state index contributed by atoms with van der Waals surface area (Å²) < 4.78 is 10.8. The Morgan fingerprint density at radius 1 is 1.42 bits per heavy atom. The van der Waals surface area contributed by atoms with Gasteiger partial charge in [0.25, 0.3) is 5.91 Å². The number of nitrogens with one attached hydrogen (secondary N) is 1. The number of methoxy groups -OCH3 is 2. The molecule has 0 bridgehead atoms. The van der Waals surface area contributed by atoms with E-state index in [0.717, 1.165) is 16.3 Å². The molecule has 1 unspecified atom stereocenters. The van der Waals surface area contributed by atoms with Crippen LogP contribution >= 0.6 is 11.3 Å². The molecule has 0 radical (unpaired) electrons. The lowest BCUT2D eigenvalue weighted by molar-refractivity contribution is 0.0938. The second kappa shape index (κ2) is 7.97. The lowest BCUT2D eigenvalue weighted by Crippen LogP contribution is -2.27. The van der Waals surface area contributed by atoms with Crippen LogP contribution in [0.4, 0.5) is 0 Å². The van der Waals surface area contributed by atoms with Crippen LogP contribution in [0.15, 0.2) is 30.2 Å². The van der Waals surface area contributed by atoms with Crippen molar-refractivity contribution in [1.29, 1.82) is 0 Å². The van der Waals surface area contributed by atoms with Gasteiger partial charge in [-0.25, -0.2) is 4.98 Å². The Bertz CT molecular complexity index is 740. The topological polar surface area (TPSA) is 60.5 Å². The molecule has 1 N–H and O–H groups in total. The first kappa shape index (κ1) is 18.0. The van der Waals surface area contributed by atoms with Gasteiger partial charge in [0.15, 0.2) is 11.5 Å². The molecule has 24 heavy (non-hydrogen) atoms. The number of amides is 1. The fraction of sp³-hybridized carbons (Fsp3) is 0.333. The van der Waals surface area contributed by atoms with Crippen LogP contribution in [0.25, 0.3) is 0 Å². The van der Waals surface area contributed by atoms with E-state index in [-0.39, 0.29) is 11.9 Å². The number of benzene rings is 1. The van der Waals surface area contributed by atoms with Crippen molar-refractivity contribution in [1.82, 2.24) is 10.3 Å². The van der Waals surface area contributed by atoms with E-state index in [4.69, 9.17) is 9.47 Å². The predicted molar refractivity (Wildman–Crippen MR) is 96.2 cm³/mol. The number of carbonyl (C=O) groups is 1. The molecule has 2 aromatic rings. The fourth-order valence-electron chi connectivity index (χ4n) is 2.41. The van der Waals surface area contributed by atoms with Gasteiger partial charge in [0, 0.05) is 16.5 Å². The molecule has 0 fully saturated rings. The molecule has 0 saturated carbocycles. The van der Waals surface area contributed by atoms with Gasteiger partial charge in [0.05, 0.1) is 31.0 Å². The maximum absolute atomic E-state index is 12.6. The average Bonchev–Trinajstić information content (AvgIpc) is 3.00. The Morgan fingerprint density at radius 2 is 2.17 bits per heavy atom. The molecule has 1 aromatic carbocycles. The van der Waals surface area contributed by atoms with E-state index < -0.39 is 0 Å². The molecule has 128 valence electrons. The maximum atomic E-state index is 12.6. The SMILES string of the molecule is C=CCc1cc(C(=O)NC(C)c2csc(C)n2)cc(OC)c1OC. The molecule has 6 heteroatoms. The summed E-state index contributed by atoms with van der Waals surface area (Å²) in [5, 5.41) is 5.90. The summed E-state index contributed by atoms with van der Waals surface area (Å²) >= 11 is 1.57. The van der Waals surface area contributed by atoms with Gasteiger partial charge in [-0.15, -0.1) is 17.9 Å². The van der Waals surface area contributed by atoms with Crippen molar-refractivity contribution in [3.8, 4) is 11.5 Å². The standard InChI is InChI=1S/C18H22N2O3S/c1-6-7-13-8-14(9-16(22-4)17(13)23-5)18(21)19-11(2)15-10-24-12(3)20-15/h6,8-11H,1,7H2,2-5H3,(H,19,21). The number of aromatic nitrogens is 1. The average molecular weight is 346 g/mol. The summed E-state index contributed by atoms with van der Waals surface area (Å²) in [5.74, 6) is 0.968. The van der Waals surface area contributed by atoms with Crippen molar-refractivity contribution in [2.75, 3.05) is 14.2 Å². The Kier molecular flexibility index (Phi) is 5.98. The molecule has 0 aliphatic carbocycles. The largest absolute Gasteiger partial charge is 0.493 e. The van der Waals surface area contributed by atoms with Crippen molar-refractivity contribution in [3.63, 3.8) is 0 Å². The highest BCUT2D eigenvalue weighted by atomic mass is 32.1. The van der Waals surface area contributed by atoms with Crippen LogP contribution in [-0.4, -0.2) is 25.1 Å². The van der Waals surface area contributed by atoms with Crippen LogP contribution in [0, 0.1) is 6.92 Å². The van der Waals surface area contributed by atoms with E-state index in [1.807, 2.05) is 19.2 Å². The van der Waals surface area contributed by atoms with Gasteiger partial charge < -0.3 is 14.8 Å². The minimum Gasteiger partial charge on any atom is -0.493 e. The molecule has 0 saturated heterocycles. The first-order valence-electron chi connectivity index (χ1n) is 7.58. The Hall–Kier alpha value is -2.34. The van der Waals surface area contributed by atoms with Gasteiger partial charge in [-0.1, -0.05) is 6.08 Å². The number of allylic oxidation sites excluding steroid dienone is 1. The molecule has 1 heterocycles. The van der Waals surface area contributed by atoms with Crippen molar-refractivity contribution < 1.29 is 14.3 Å². The van der Waals surface area contributed by atoms with Gasteiger partial charge >= 0.3 is 0 Å². The summed E-state index contributed by atoms with van der Waals surface area (Å²) in [6, 6.07) is 3.32. The highest BCUT2D eigenvalue weighted by molar-refractivity contribution is 7.09. The second-order valence-corrected chi connectivity index (χ2v) is 6.41. The highest BCUT2D eigenvalue weighted by Gasteiger charge is 2.18. The minimum atomic E-state index is -0.181. The second-order valence-electron chi connectivity index (χ2n) is 5.35. The fourth-order valence-corrected chi connectivity index (χ4v) is 3.12. The molecule has 1 aromatic heterocycles.